The van der Waals surface area contributed by atoms with Crippen LogP contribution in [0.4, 0.5) is 0 Å². The maximum Gasteiger partial charge on any atom is 0.347 e. The summed E-state index contributed by atoms with van der Waals surface area (Å²) in [6, 6.07) is 7.87. The molecule has 2 amide bonds. The normalized spacial score (nSPS) is 10.8. The zero-order valence-corrected chi connectivity index (χ0v) is 18.1. The fourth-order valence-corrected chi connectivity index (χ4v) is 3.51. The van der Waals surface area contributed by atoms with Gasteiger partial charge in [-0.25, -0.2) is 18.3 Å². The van der Waals surface area contributed by atoms with E-state index >= 15 is 0 Å². The number of amides is 2. The molecule has 30 heavy (non-hydrogen) atoms. The largest absolute Gasteiger partial charge is 0.347 e. The Balaban J connectivity index is 1.61. The van der Waals surface area contributed by atoms with E-state index in [-0.39, 0.29) is 11.8 Å². The highest BCUT2D eigenvalue weighted by Gasteiger charge is 2.23. The zero-order valence-electron chi connectivity index (χ0n) is 18.1. The molecule has 1 aromatic carbocycles. The van der Waals surface area contributed by atoms with Crippen molar-refractivity contribution in [1.29, 1.82) is 0 Å². The quantitative estimate of drug-likeness (QED) is 0.540. The number of nitrogens with one attached hydrogen (secondary N) is 2. The highest BCUT2D eigenvalue weighted by molar-refractivity contribution is 5.89. The van der Waals surface area contributed by atoms with Gasteiger partial charge in [-0.05, 0) is 25.0 Å². The van der Waals surface area contributed by atoms with Crippen LogP contribution >= 0.6 is 0 Å². The van der Waals surface area contributed by atoms with Crippen molar-refractivity contribution in [2.45, 2.75) is 40.0 Å². The molecule has 0 saturated heterocycles. The topological polar surface area (TPSA) is 75.8 Å². The first kappa shape index (κ1) is 21.3. The Hall–Kier alpha value is -3.42. The number of imidazole rings is 2. The molecule has 0 aliphatic carbocycles. The molecule has 2 heterocycles. The van der Waals surface area contributed by atoms with Gasteiger partial charge in [-0.2, -0.15) is 0 Å². The molecule has 8 heteroatoms. The summed E-state index contributed by atoms with van der Waals surface area (Å²) in [7, 11) is 3.72. The minimum Gasteiger partial charge on any atom is -0.341 e. The lowest BCUT2D eigenvalue weighted by molar-refractivity contribution is -0.673. The van der Waals surface area contributed by atoms with Gasteiger partial charge < -0.3 is 10.6 Å². The van der Waals surface area contributed by atoms with Gasteiger partial charge in [0.25, 0.3) is 0 Å². The predicted molar refractivity (Wildman–Crippen MR) is 111 cm³/mol. The van der Waals surface area contributed by atoms with Crippen LogP contribution in [0, 0.1) is 0 Å². The summed E-state index contributed by atoms with van der Waals surface area (Å²) in [6.07, 6.45) is 7.54. The second-order valence-corrected chi connectivity index (χ2v) is 7.22. The lowest BCUT2D eigenvalue weighted by Gasteiger charge is -2.08. The fourth-order valence-electron chi connectivity index (χ4n) is 3.51. The summed E-state index contributed by atoms with van der Waals surface area (Å²) >= 11 is 0. The molecule has 0 aliphatic rings. The minimum absolute atomic E-state index is 0.115. The third-order valence-corrected chi connectivity index (χ3v) is 5.14. The van der Waals surface area contributed by atoms with Crippen molar-refractivity contribution in [2.24, 2.45) is 14.1 Å². The van der Waals surface area contributed by atoms with Gasteiger partial charge in [-0.3, -0.25) is 9.59 Å². The standard InChI is InChI=1S/C22H28N6O2/c1-5-27-12-10-25(3)21(27)19(29)23-15-17-8-7-9-18(14-17)16-24-20(30)22-26(4)11-13-28(22)6-2/h7-14H,5-6,15-16H2,1-4H3/p+2. The van der Waals surface area contributed by atoms with Crippen LogP contribution in [-0.4, -0.2) is 20.9 Å². The van der Waals surface area contributed by atoms with E-state index in [0.29, 0.717) is 24.7 Å². The Morgan fingerprint density at radius 3 is 1.67 bits per heavy atom. The van der Waals surface area contributed by atoms with Crippen molar-refractivity contribution in [3.05, 3.63) is 71.8 Å². The molecular formula is C22H30N6O2+2. The molecule has 3 aromatic rings. The van der Waals surface area contributed by atoms with E-state index in [4.69, 9.17) is 0 Å². The second kappa shape index (κ2) is 9.39. The van der Waals surface area contributed by atoms with Crippen LogP contribution in [0.5, 0.6) is 0 Å². The smallest absolute Gasteiger partial charge is 0.341 e. The van der Waals surface area contributed by atoms with E-state index in [1.807, 2.05) is 95.3 Å². The average molecular weight is 411 g/mol. The van der Waals surface area contributed by atoms with E-state index in [1.165, 1.54) is 0 Å². The Kier molecular flexibility index (Phi) is 6.66. The summed E-state index contributed by atoms with van der Waals surface area (Å²) in [5.74, 6) is 1.01. The summed E-state index contributed by atoms with van der Waals surface area (Å²) in [4.78, 5) is 25.2. The van der Waals surface area contributed by atoms with Crippen LogP contribution in [0.15, 0.2) is 49.1 Å². The van der Waals surface area contributed by atoms with E-state index < -0.39 is 0 Å². The van der Waals surface area contributed by atoms with Gasteiger partial charge >= 0.3 is 23.5 Å². The van der Waals surface area contributed by atoms with Gasteiger partial charge in [0.1, 0.15) is 24.8 Å². The molecule has 2 N–H and O–H groups in total. The summed E-state index contributed by atoms with van der Waals surface area (Å²) < 4.78 is 7.45. The van der Waals surface area contributed by atoms with Crippen LogP contribution < -0.4 is 19.8 Å². The Labute approximate surface area is 176 Å². The maximum atomic E-state index is 12.6. The van der Waals surface area contributed by atoms with E-state index in [0.717, 1.165) is 24.2 Å². The number of aromatic nitrogens is 4. The van der Waals surface area contributed by atoms with E-state index in [1.54, 1.807) is 0 Å². The van der Waals surface area contributed by atoms with Gasteiger partial charge in [-0.15, -0.1) is 0 Å². The number of carbonyl (C=O) groups is 2. The lowest BCUT2D eigenvalue weighted by Crippen LogP contribution is -2.40. The van der Waals surface area contributed by atoms with Gasteiger partial charge in [0, 0.05) is 13.1 Å². The Morgan fingerprint density at radius 2 is 1.27 bits per heavy atom. The van der Waals surface area contributed by atoms with Crippen LogP contribution in [0.25, 0.3) is 0 Å². The zero-order chi connectivity index (χ0) is 21.7. The van der Waals surface area contributed by atoms with Crippen LogP contribution in [0.3, 0.4) is 0 Å². The monoisotopic (exact) mass is 410 g/mol. The fraction of sp³-hybridized carbons (Fsp3) is 0.364. The maximum absolute atomic E-state index is 12.6. The van der Waals surface area contributed by atoms with Crippen molar-refractivity contribution in [3.8, 4) is 0 Å². The average Bonchev–Trinajstić information content (AvgIpc) is 3.32. The summed E-state index contributed by atoms with van der Waals surface area (Å²) in [6.45, 7) is 6.32. The van der Waals surface area contributed by atoms with Crippen LogP contribution in [-0.2, 0) is 40.3 Å². The number of hydrogen-bond donors (Lipinski definition) is 2. The first-order chi connectivity index (χ1) is 14.4. The molecule has 3 rings (SSSR count). The third-order valence-electron chi connectivity index (χ3n) is 5.14. The molecule has 0 bridgehead atoms. The highest BCUT2D eigenvalue weighted by atomic mass is 16.2. The number of nitrogens with zero attached hydrogens (tertiary/aromatic N) is 4. The minimum atomic E-state index is -0.115. The van der Waals surface area contributed by atoms with Gasteiger partial charge in [0.2, 0.25) is 0 Å². The molecule has 0 saturated carbocycles. The van der Waals surface area contributed by atoms with Gasteiger partial charge in [0.15, 0.2) is 0 Å². The van der Waals surface area contributed by atoms with Crippen LogP contribution in [0.2, 0.25) is 0 Å². The summed E-state index contributed by atoms with van der Waals surface area (Å²) in [5, 5.41) is 5.96. The summed E-state index contributed by atoms with van der Waals surface area (Å²) in [5.41, 5.74) is 1.96. The first-order valence-corrected chi connectivity index (χ1v) is 10.2. The van der Waals surface area contributed by atoms with Crippen molar-refractivity contribution < 1.29 is 18.7 Å². The third kappa shape index (κ3) is 4.59. The van der Waals surface area contributed by atoms with Gasteiger partial charge in [0.05, 0.1) is 27.2 Å². The molecule has 0 radical (unpaired) electrons. The molecule has 0 atom stereocenters. The Morgan fingerprint density at radius 1 is 0.833 bits per heavy atom. The van der Waals surface area contributed by atoms with Crippen molar-refractivity contribution >= 4 is 11.8 Å². The van der Waals surface area contributed by atoms with Gasteiger partial charge in [-0.1, -0.05) is 24.3 Å². The molecule has 0 unspecified atom stereocenters. The molecule has 158 valence electrons. The molecular weight excluding hydrogens is 380 g/mol. The molecule has 0 aliphatic heterocycles. The number of benzene rings is 1. The second-order valence-electron chi connectivity index (χ2n) is 7.22. The predicted octanol–water partition coefficient (Wildman–Crippen LogP) is 0.838. The molecule has 0 fully saturated rings. The van der Waals surface area contributed by atoms with Crippen molar-refractivity contribution in [3.63, 3.8) is 0 Å². The first-order valence-electron chi connectivity index (χ1n) is 10.2. The SMILES string of the molecule is CCn1cc[n+](C)c1C(=O)NCc1cccc(CNC(=O)c2n(CC)cc[n+]2C)c1. The molecule has 2 aromatic heterocycles. The number of rotatable bonds is 8. The number of hydrogen-bond acceptors (Lipinski definition) is 2. The highest BCUT2D eigenvalue weighted by Crippen LogP contribution is 2.06. The van der Waals surface area contributed by atoms with Crippen molar-refractivity contribution in [1.82, 2.24) is 19.8 Å². The molecule has 8 nitrogen and oxygen atoms in total. The Bertz CT molecular complexity index is 970. The molecule has 0 spiro atoms. The lowest BCUT2D eigenvalue weighted by atomic mass is 10.1. The van der Waals surface area contributed by atoms with Crippen molar-refractivity contribution in [2.75, 3.05) is 0 Å². The van der Waals surface area contributed by atoms with E-state index in [2.05, 4.69) is 10.6 Å². The number of carbonyl (C=O) groups excluding carboxylic acids is 2. The van der Waals surface area contributed by atoms with E-state index in [9.17, 15) is 9.59 Å². The van der Waals surface area contributed by atoms with Crippen LogP contribution in [0.1, 0.15) is 46.2 Å². The number of aryl methyl sites for hydroxylation is 4.